The van der Waals surface area contributed by atoms with Gasteiger partial charge in [-0.3, -0.25) is 14.4 Å². The average Bonchev–Trinajstić information content (AvgIpc) is 2.18. The highest BCUT2D eigenvalue weighted by Crippen LogP contribution is 1.83. The van der Waals surface area contributed by atoms with Crippen LogP contribution in [0.2, 0.25) is 0 Å². The molecule has 0 radical (unpaired) electrons. The summed E-state index contributed by atoms with van der Waals surface area (Å²) in [6.07, 6.45) is 1.44. The largest absolute Gasteiger partial charge is 1.00 e. The predicted octanol–water partition coefficient (Wildman–Crippen LogP) is -3.24. The van der Waals surface area contributed by atoms with Crippen LogP contribution in [0.3, 0.4) is 0 Å². The number of hydrogen-bond acceptors (Lipinski definition) is 3. The minimum absolute atomic E-state index is 0. The van der Waals surface area contributed by atoms with E-state index >= 15 is 0 Å². The van der Waals surface area contributed by atoms with Crippen LogP contribution in [0.4, 0.5) is 0 Å². The first-order chi connectivity index (χ1) is 6.74. The van der Waals surface area contributed by atoms with E-state index in [2.05, 4.69) is 40.4 Å². The summed E-state index contributed by atoms with van der Waals surface area (Å²) in [5.41, 5.74) is 4.53. The molecule has 0 aliphatic carbocycles. The van der Waals surface area contributed by atoms with Crippen molar-refractivity contribution in [1.29, 1.82) is 0 Å². The smallest absolute Gasteiger partial charge is 0.240 e. The predicted molar refractivity (Wildman–Crippen MR) is 60.1 cm³/mol. The van der Waals surface area contributed by atoms with Gasteiger partial charge in [0.25, 0.3) is 0 Å². The van der Waals surface area contributed by atoms with E-state index < -0.39 is 5.91 Å². The molecule has 0 rings (SSSR count). The van der Waals surface area contributed by atoms with Crippen LogP contribution in [0, 0.1) is 0 Å². The van der Waals surface area contributed by atoms with E-state index in [9.17, 15) is 4.79 Å². The standard InChI is InChI=1S/C5H14N.C3H5NO.C2H2O2.ClH/c1-5-6(2,3)4;1-2-3(4)5;3-1-2-4;/h5H2,1-4H3;2H,1H2,(H2,4,5);1-2H;1H/q+1;;;/p-1. The third-order valence-electron chi connectivity index (χ3n) is 1.21. The molecule has 0 aliphatic heterocycles. The summed E-state index contributed by atoms with van der Waals surface area (Å²) in [6, 6.07) is 0. The van der Waals surface area contributed by atoms with Gasteiger partial charge >= 0.3 is 0 Å². The van der Waals surface area contributed by atoms with Crippen LogP contribution in [-0.2, 0) is 14.4 Å². The van der Waals surface area contributed by atoms with Gasteiger partial charge in [-0.2, -0.15) is 0 Å². The normalized spacial score (nSPS) is 7.75. The number of nitrogens with two attached hydrogens (primary N) is 1. The molecule has 6 heteroatoms. The maximum Gasteiger partial charge on any atom is 0.240 e. The van der Waals surface area contributed by atoms with E-state index in [0.717, 1.165) is 10.6 Å². The molecule has 0 bridgehead atoms. The first-order valence-corrected chi connectivity index (χ1v) is 4.36. The monoisotopic (exact) mass is 252 g/mol. The number of carbonyl (C=O) groups is 3. The summed E-state index contributed by atoms with van der Waals surface area (Å²) in [6.45, 7) is 6.47. The van der Waals surface area contributed by atoms with Gasteiger partial charge in [0.2, 0.25) is 5.91 Å². The molecule has 0 heterocycles. The van der Waals surface area contributed by atoms with Gasteiger partial charge in [0, 0.05) is 0 Å². The number of amides is 1. The molecule has 0 aliphatic rings. The van der Waals surface area contributed by atoms with E-state index in [1.807, 2.05) is 0 Å². The van der Waals surface area contributed by atoms with Crippen molar-refractivity contribution in [3.05, 3.63) is 12.7 Å². The Morgan fingerprint density at radius 2 is 1.44 bits per heavy atom. The number of halogens is 1. The average molecular weight is 253 g/mol. The van der Waals surface area contributed by atoms with Gasteiger partial charge in [0.05, 0.1) is 27.7 Å². The lowest BCUT2D eigenvalue weighted by Crippen LogP contribution is -3.00. The van der Waals surface area contributed by atoms with E-state index in [0.29, 0.717) is 0 Å². The fraction of sp³-hybridized carbons (Fsp3) is 0.500. The number of quaternary nitrogens is 1. The van der Waals surface area contributed by atoms with Crippen LogP contribution in [-0.4, -0.2) is 50.7 Å². The van der Waals surface area contributed by atoms with E-state index in [-0.39, 0.29) is 25.0 Å². The van der Waals surface area contributed by atoms with Gasteiger partial charge < -0.3 is 22.6 Å². The van der Waals surface area contributed by atoms with Crippen molar-refractivity contribution in [3.63, 3.8) is 0 Å². The third-order valence-corrected chi connectivity index (χ3v) is 1.21. The van der Waals surface area contributed by atoms with Crippen molar-refractivity contribution in [1.82, 2.24) is 0 Å². The van der Waals surface area contributed by atoms with Crippen molar-refractivity contribution >= 4 is 18.5 Å². The van der Waals surface area contributed by atoms with Crippen LogP contribution in [0.15, 0.2) is 12.7 Å². The highest BCUT2D eigenvalue weighted by Gasteiger charge is 1.97. The van der Waals surface area contributed by atoms with Crippen LogP contribution in [0.5, 0.6) is 0 Å². The molecule has 5 nitrogen and oxygen atoms in total. The summed E-state index contributed by atoms with van der Waals surface area (Å²) in [5, 5.41) is 0. The Kier molecular flexibility index (Phi) is 24.5. The second-order valence-electron chi connectivity index (χ2n) is 3.49. The Balaban J connectivity index is -0.0000000668. The van der Waals surface area contributed by atoms with Gasteiger partial charge in [-0.25, -0.2) is 0 Å². The first kappa shape index (κ1) is 24.2. The molecular weight excluding hydrogens is 232 g/mol. The van der Waals surface area contributed by atoms with Gasteiger partial charge in [0.15, 0.2) is 12.6 Å². The molecule has 0 saturated heterocycles. The second-order valence-corrected chi connectivity index (χ2v) is 3.49. The molecule has 0 aromatic carbocycles. The number of rotatable bonds is 3. The molecule has 0 unspecified atom stereocenters. The molecule has 0 atom stereocenters. The Morgan fingerprint density at radius 3 is 1.44 bits per heavy atom. The number of hydrogen-bond donors (Lipinski definition) is 1. The lowest BCUT2D eigenvalue weighted by molar-refractivity contribution is -0.868. The highest BCUT2D eigenvalue weighted by molar-refractivity contribution is 6.09. The zero-order valence-electron chi connectivity index (χ0n) is 10.3. The third kappa shape index (κ3) is 77.4. The minimum atomic E-state index is -0.481. The molecule has 2 N–H and O–H groups in total. The summed E-state index contributed by atoms with van der Waals surface area (Å²) in [7, 11) is 6.54. The van der Waals surface area contributed by atoms with Gasteiger partial charge in [0.1, 0.15) is 0 Å². The molecular formula is C10H21ClN2O3. The second kappa shape index (κ2) is 16.2. The topological polar surface area (TPSA) is 77.2 Å². The first-order valence-electron chi connectivity index (χ1n) is 4.36. The van der Waals surface area contributed by atoms with Crippen molar-refractivity contribution < 1.29 is 31.3 Å². The van der Waals surface area contributed by atoms with E-state index in [1.54, 1.807) is 0 Å². The Hall–Kier alpha value is -1.20. The zero-order valence-corrected chi connectivity index (χ0v) is 11.0. The summed E-state index contributed by atoms with van der Waals surface area (Å²) < 4.78 is 1.07. The van der Waals surface area contributed by atoms with Crippen LogP contribution < -0.4 is 18.1 Å². The fourth-order valence-corrected chi connectivity index (χ4v) is 0. The summed E-state index contributed by atoms with van der Waals surface area (Å²) in [5.74, 6) is -0.481. The van der Waals surface area contributed by atoms with Crippen molar-refractivity contribution in [2.75, 3.05) is 27.7 Å². The van der Waals surface area contributed by atoms with E-state index in [1.165, 1.54) is 6.54 Å². The number of primary amides is 1. The van der Waals surface area contributed by atoms with Crippen molar-refractivity contribution in [2.45, 2.75) is 6.92 Å². The van der Waals surface area contributed by atoms with Crippen molar-refractivity contribution in [2.24, 2.45) is 5.73 Å². The molecule has 0 saturated carbocycles. The number of nitrogens with zero attached hydrogens (tertiary/aromatic N) is 1. The molecule has 16 heavy (non-hydrogen) atoms. The molecule has 96 valence electrons. The molecule has 0 fully saturated rings. The maximum absolute atomic E-state index is 9.47. The molecule has 0 aromatic heterocycles. The number of carbonyl (C=O) groups excluding carboxylic acids is 3. The number of aldehydes is 2. The van der Waals surface area contributed by atoms with Crippen molar-refractivity contribution in [3.8, 4) is 0 Å². The summed E-state index contributed by atoms with van der Waals surface area (Å²) >= 11 is 0. The van der Waals surface area contributed by atoms with Crippen LogP contribution in [0.25, 0.3) is 0 Å². The molecule has 0 spiro atoms. The Morgan fingerprint density at radius 1 is 1.25 bits per heavy atom. The summed E-state index contributed by atoms with van der Waals surface area (Å²) in [4.78, 5) is 27.1. The lowest BCUT2D eigenvalue weighted by Gasteiger charge is -2.20. The van der Waals surface area contributed by atoms with Crippen LogP contribution in [0.1, 0.15) is 6.92 Å². The van der Waals surface area contributed by atoms with Gasteiger partial charge in [-0.15, -0.1) is 0 Å². The zero-order chi connectivity index (χ0) is 12.9. The molecule has 1 amide bonds. The quantitative estimate of drug-likeness (QED) is 0.248. The highest BCUT2D eigenvalue weighted by atomic mass is 35.5. The lowest BCUT2D eigenvalue weighted by atomic mass is 10.6. The molecule has 0 aromatic rings. The van der Waals surface area contributed by atoms with Gasteiger partial charge in [-0.05, 0) is 13.0 Å². The fourth-order valence-electron chi connectivity index (χ4n) is 0. The SMILES string of the molecule is C=CC(N)=O.CC[N+](C)(C)C.O=CC=O.[Cl-]. The van der Waals surface area contributed by atoms with Gasteiger partial charge in [-0.1, -0.05) is 6.58 Å². The Labute approximate surface area is 103 Å². The maximum atomic E-state index is 9.47. The van der Waals surface area contributed by atoms with E-state index in [4.69, 9.17) is 9.59 Å². The Bertz CT molecular complexity index is 195. The van der Waals surface area contributed by atoms with Crippen LogP contribution >= 0.6 is 0 Å². The minimum Gasteiger partial charge on any atom is -1.00 e.